The maximum atomic E-state index is 10.9. The van der Waals surface area contributed by atoms with Crippen LogP contribution in [0, 0.1) is 0 Å². The summed E-state index contributed by atoms with van der Waals surface area (Å²) in [6.45, 7) is 0. The Morgan fingerprint density at radius 1 is 1.24 bits per heavy atom. The predicted molar refractivity (Wildman–Crippen MR) is 68.9 cm³/mol. The Hall–Kier alpha value is -1.46. The van der Waals surface area contributed by atoms with E-state index in [1.165, 1.54) is 11.3 Å². The molecule has 0 saturated carbocycles. The Labute approximate surface area is 107 Å². The van der Waals surface area contributed by atoms with E-state index in [-0.39, 0.29) is 5.75 Å². The molecule has 0 saturated heterocycles. The number of phenols is 1. The summed E-state index contributed by atoms with van der Waals surface area (Å²) in [5.74, 6) is -0.0203. The topological polar surface area (TPSA) is 57.5 Å². The third-order valence-electron chi connectivity index (χ3n) is 2.17. The highest BCUT2D eigenvalue weighted by Crippen LogP contribution is 2.27. The van der Waals surface area contributed by atoms with Crippen LogP contribution in [0.5, 0.6) is 5.75 Å². The zero-order valence-electron chi connectivity index (χ0n) is 8.79. The van der Waals surface area contributed by atoms with Crippen molar-refractivity contribution in [3.8, 4) is 5.75 Å². The number of carboxylic acid groups (broad SMARTS) is 1. The van der Waals surface area contributed by atoms with Crippen molar-refractivity contribution >= 4 is 29.1 Å². The van der Waals surface area contributed by atoms with Crippen molar-refractivity contribution in [2.45, 2.75) is 10.6 Å². The van der Waals surface area contributed by atoms with E-state index in [9.17, 15) is 4.79 Å². The Balaban J connectivity index is 2.05. The van der Waals surface area contributed by atoms with Crippen LogP contribution in [0.25, 0.3) is 0 Å². The van der Waals surface area contributed by atoms with Gasteiger partial charge in [0.2, 0.25) is 0 Å². The second-order valence-corrected chi connectivity index (χ2v) is 5.33. The molecule has 0 unspecified atom stereocenters. The number of hydrogen-bond acceptors (Lipinski definition) is 4. The van der Waals surface area contributed by atoms with Gasteiger partial charge in [0, 0.05) is 10.6 Å². The van der Waals surface area contributed by atoms with E-state index in [1.54, 1.807) is 29.3 Å². The average Bonchev–Trinajstić information content (AvgIpc) is 2.76. The Kier molecular flexibility index (Phi) is 3.71. The molecule has 17 heavy (non-hydrogen) atoms. The smallest absolute Gasteiger partial charge is 0.346 e. The van der Waals surface area contributed by atoms with Gasteiger partial charge in [0.15, 0.2) is 0 Å². The standard InChI is InChI=1S/C12H10O3S2/c13-9-1-3-10(4-2-9)17-7-8-5-6-16-11(8)12(14)15/h1-6,13H,7H2,(H,14,15). The van der Waals surface area contributed by atoms with Crippen LogP contribution in [0.15, 0.2) is 40.6 Å². The number of carboxylic acids is 1. The molecule has 1 aromatic heterocycles. The molecule has 0 aliphatic heterocycles. The number of thioether (sulfide) groups is 1. The number of hydrogen-bond donors (Lipinski definition) is 2. The van der Waals surface area contributed by atoms with Gasteiger partial charge in [0.1, 0.15) is 10.6 Å². The summed E-state index contributed by atoms with van der Waals surface area (Å²) < 4.78 is 0. The Bertz CT molecular complexity index is 517. The summed E-state index contributed by atoms with van der Waals surface area (Å²) in [4.78, 5) is 12.3. The van der Waals surface area contributed by atoms with Crippen LogP contribution in [-0.2, 0) is 5.75 Å². The van der Waals surface area contributed by atoms with Crippen molar-refractivity contribution in [2.24, 2.45) is 0 Å². The largest absolute Gasteiger partial charge is 0.508 e. The van der Waals surface area contributed by atoms with Gasteiger partial charge in [-0.05, 0) is 41.3 Å². The SMILES string of the molecule is O=C(O)c1sccc1CSc1ccc(O)cc1. The highest BCUT2D eigenvalue weighted by molar-refractivity contribution is 7.98. The molecular weight excluding hydrogens is 256 g/mol. The van der Waals surface area contributed by atoms with Gasteiger partial charge in [-0.15, -0.1) is 23.1 Å². The Morgan fingerprint density at radius 3 is 2.59 bits per heavy atom. The Morgan fingerprint density at radius 2 is 1.94 bits per heavy atom. The van der Waals surface area contributed by atoms with Gasteiger partial charge in [-0.25, -0.2) is 4.79 Å². The summed E-state index contributed by atoms with van der Waals surface area (Å²) in [6.07, 6.45) is 0. The van der Waals surface area contributed by atoms with E-state index >= 15 is 0 Å². The van der Waals surface area contributed by atoms with Crippen LogP contribution >= 0.6 is 23.1 Å². The molecule has 2 rings (SSSR count). The molecule has 5 heteroatoms. The molecule has 0 atom stereocenters. The van der Waals surface area contributed by atoms with Crippen molar-refractivity contribution in [2.75, 3.05) is 0 Å². The molecule has 2 N–H and O–H groups in total. The van der Waals surface area contributed by atoms with Crippen LogP contribution in [0.3, 0.4) is 0 Å². The number of thiophene rings is 1. The number of phenolic OH excluding ortho intramolecular Hbond substituents is 1. The summed E-state index contributed by atoms with van der Waals surface area (Å²) >= 11 is 2.79. The van der Waals surface area contributed by atoms with E-state index in [1.807, 2.05) is 18.2 Å². The highest BCUT2D eigenvalue weighted by Gasteiger charge is 2.11. The van der Waals surface area contributed by atoms with Crippen LogP contribution in [0.2, 0.25) is 0 Å². The lowest BCUT2D eigenvalue weighted by molar-refractivity contribution is 0.0701. The van der Waals surface area contributed by atoms with Crippen LogP contribution in [-0.4, -0.2) is 16.2 Å². The minimum absolute atomic E-state index is 0.233. The molecule has 0 fully saturated rings. The first-order valence-electron chi connectivity index (χ1n) is 4.88. The highest BCUT2D eigenvalue weighted by atomic mass is 32.2. The molecule has 1 heterocycles. The fourth-order valence-corrected chi connectivity index (χ4v) is 3.08. The van der Waals surface area contributed by atoms with Gasteiger partial charge < -0.3 is 10.2 Å². The molecule has 0 spiro atoms. The first-order valence-corrected chi connectivity index (χ1v) is 6.75. The third kappa shape index (κ3) is 3.01. The molecule has 0 bridgehead atoms. The first kappa shape index (κ1) is 12.0. The van der Waals surface area contributed by atoms with Crippen molar-refractivity contribution in [3.63, 3.8) is 0 Å². The van der Waals surface area contributed by atoms with Gasteiger partial charge in [0.25, 0.3) is 0 Å². The average molecular weight is 266 g/mol. The van der Waals surface area contributed by atoms with Crippen LogP contribution in [0.1, 0.15) is 15.2 Å². The van der Waals surface area contributed by atoms with Crippen molar-refractivity contribution in [1.82, 2.24) is 0 Å². The minimum Gasteiger partial charge on any atom is -0.508 e. The zero-order valence-corrected chi connectivity index (χ0v) is 10.4. The number of rotatable bonds is 4. The van der Waals surface area contributed by atoms with Crippen molar-refractivity contribution in [3.05, 3.63) is 46.2 Å². The van der Waals surface area contributed by atoms with Crippen LogP contribution < -0.4 is 0 Å². The number of benzene rings is 1. The summed E-state index contributed by atoms with van der Waals surface area (Å²) in [5, 5.41) is 19.9. The summed E-state index contributed by atoms with van der Waals surface area (Å²) in [5.41, 5.74) is 0.834. The molecule has 0 aliphatic rings. The lowest BCUT2D eigenvalue weighted by Crippen LogP contribution is -1.96. The van der Waals surface area contributed by atoms with E-state index in [0.29, 0.717) is 10.6 Å². The zero-order chi connectivity index (χ0) is 12.3. The van der Waals surface area contributed by atoms with Gasteiger partial charge in [0.05, 0.1) is 0 Å². The normalized spacial score (nSPS) is 10.4. The van der Waals surface area contributed by atoms with E-state index in [0.717, 1.165) is 10.5 Å². The second kappa shape index (κ2) is 5.25. The van der Waals surface area contributed by atoms with E-state index in [4.69, 9.17) is 10.2 Å². The fraction of sp³-hybridized carbons (Fsp3) is 0.0833. The summed E-state index contributed by atoms with van der Waals surface area (Å²) in [6, 6.07) is 8.70. The molecule has 2 aromatic rings. The summed E-state index contributed by atoms with van der Waals surface area (Å²) in [7, 11) is 0. The maximum Gasteiger partial charge on any atom is 0.346 e. The molecule has 88 valence electrons. The third-order valence-corrected chi connectivity index (χ3v) is 4.18. The molecule has 1 aromatic carbocycles. The minimum atomic E-state index is -0.874. The van der Waals surface area contributed by atoms with Gasteiger partial charge in [-0.1, -0.05) is 0 Å². The second-order valence-electron chi connectivity index (χ2n) is 3.36. The predicted octanol–water partition coefficient (Wildman–Crippen LogP) is 3.44. The van der Waals surface area contributed by atoms with E-state index < -0.39 is 5.97 Å². The quantitative estimate of drug-likeness (QED) is 0.832. The van der Waals surface area contributed by atoms with Crippen molar-refractivity contribution < 1.29 is 15.0 Å². The van der Waals surface area contributed by atoms with Gasteiger partial charge in [-0.2, -0.15) is 0 Å². The molecule has 0 amide bonds. The lowest BCUT2D eigenvalue weighted by Gasteiger charge is -2.01. The molecular formula is C12H10O3S2. The van der Waals surface area contributed by atoms with Gasteiger partial charge in [-0.3, -0.25) is 0 Å². The molecule has 0 aliphatic carbocycles. The number of aromatic carboxylic acids is 1. The monoisotopic (exact) mass is 266 g/mol. The maximum absolute atomic E-state index is 10.9. The molecule has 0 radical (unpaired) electrons. The van der Waals surface area contributed by atoms with E-state index in [2.05, 4.69) is 0 Å². The first-order chi connectivity index (χ1) is 8.16. The number of aromatic hydroxyl groups is 1. The fourth-order valence-electron chi connectivity index (χ4n) is 1.34. The van der Waals surface area contributed by atoms with Gasteiger partial charge >= 0.3 is 5.97 Å². The van der Waals surface area contributed by atoms with Crippen LogP contribution in [0.4, 0.5) is 0 Å². The number of carbonyl (C=O) groups is 1. The van der Waals surface area contributed by atoms with Crippen molar-refractivity contribution in [1.29, 1.82) is 0 Å². The lowest BCUT2D eigenvalue weighted by atomic mass is 10.3. The molecule has 3 nitrogen and oxygen atoms in total.